The molecule has 6 heteroatoms. The zero-order valence-corrected chi connectivity index (χ0v) is 16.7. The number of aliphatic hydroxyl groups is 1. The monoisotopic (exact) mass is 360 g/mol. The van der Waals surface area contributed by atoms with Crippen LogP contribution in [0.3, 0.4) is 0 Å². The van der Waals surface area contributed by atoms with Crippen LogP contribution in [0.4, 0.5) is 0 Å². The minimum Gasteiger partial charge on any atom is -0.463 e. The second-order valence-electron chi connectivity index (χ2n) is 7.58. The molecule has 0 aliphatic heterocycles. The molecule has 0 aromatic rings. The topological polar surface area (TPSA) is 72.8 Å². The van der Waals surface area contributed by atoms with Gasteiger partial charge < -0.3 is 14.6 Å². The van der Waals surface area contributed by atoms with Crippen LogP contribution in [0, 0.1) is 5.41 Å². The van der Waals surface area contributed by atoms with Crippen LogP contribution >= 0.6 is 12.6 Å². The fourth-order valence-corrected chi connectivity index (χ4v) is 1.98. The zero-order valence-electron chi connectivity index (χ0n) is 15.8. The summed E-state index contributed by atoms with van der Waals surface area (Å²) < 4.78 is 9.02. The van der Waals surface area contributed by atoms with Crippen LogP contribution in [0.25, 0.3) is 0 Å². The van der Waals surface area contributed by atoms with Crippen molar-refractivity contribution in [1.29, 1.82) is 0 Å². The van der Waals surface area contributed by atoms with E-state index in [0.717, 1.165) is 5.57 Å². The Balaban J connectivity index is 4.34. The van der Waals surface area contributed by atoms with Gasteiger partial charge in [0.15, 0.2) is 6.61 Å². The summed E-state index contributed by atoms with van der Waals surface area (Å²) in [7, 11) is 0. The van der Waals surface area contributed by atoms with Crippen molar-refractivity contribution in [3.05, 3.63) is 12.2 Å². The molecule has 0 aromatic heterocycles. The van der Waals surface area contributed by atoms with E-state index in [1.54, 1.807) is 6.92 Å². The maximum Gasteiger partial charge on any atom is 0.344 e. The van der Waals surface area contributed by atoms with Crippen molar-refractivity contribution in [3.8, 4) is 0 Å². The Kier molecular flexibility index (Phi) is 8.53. The summed E-state index contributed by atoms with van der Waals surface area (Å²) >= 11 is 4.35. The number of carbonyl (C=O) groups is 2. The molecular formula is C18H32O5S. The average Bonchev–Trinajstić information content (AvgIpc) is 2.42. The number of thiol groups is 1. The Labute approximate surface area is 151 Å². The second kappa shape index (κ2) is 8.90. The fraction of sp³-hybridized carbons (Fsp3) is 0.778. The Bertz CT molecular complexity index is 465. The van der Waals surface area contributed by atoms with Crippen LogP contribution < -0.4 is 0 Å². The van der Waals surface area contributed by atoms with Crippen molar-refractivity contribution in [2.45, 2.75) is 71.2 Å². The normalized spacial score (nSPS) is 16.7. The van der Waals surface area contributed by atoms with Crippen LogP contribution in [0.15, 0.2) is 12.2 Å². The summed E-state index contributed by atoms with van der Waals surface area (Å²) in [6, 6.07) is 0. The molecule has 2 atom stereocenters. The van der Waals surface area contributed by atoms with E-state index in [0.29, 0.717) is 19.3 Å². The van der Waals surface area contributed by atoms with Crippen molar-refractivity contribution in [2.24, 2.45) is 5.41 Å². The first-order valence-corrected chi connectivity index (χ1v) is 8.62. The molecule has 0 amide bonds. The molecule has 140 valence electrons. The molecule has 5 nitrogen and oxygen atoms in total. The first kappa shape index (κ1) is 23.0. The lowest BCUT2D eigenvalue weighted by atomic mass is 9.81. The van der Waals surface area contributed by atoms with E-state index in [2.05, 4.69) is 19.2 Å². The van der Waals surface area contributed by atoms with E-state index < -0.39 is 34.3 Å². The zero-order chi connectivity index (χ0) is 19.2. The van der Waals surface area contributed by atoms with Crippen molar-refractivity contribution >= 4 is 24.6 Å². The maximum atomic E-state index is 12.1. The predicted octanol–water partition coefficient (Wildman–Crippen LogP) is 3.30. The highest BCUT2D eigenvalue weighted by Gasteiger charge is 2.42. The minimum absolute atomic E-state index is 0.0609. The lowest BCUT2D eigenvalue weighted by Crippen LogP contribution is -2.44. The third-order valence-electron chi connectivity index (χ3n) is 4.30. The molecule has 0 aliphatic carbocycles. The van der Waals surface area contributed by atoms with Gasteiger partial charge in [0.1, 0.15) is 4.75 Å². The average molecular weight is 361 g/mol. The molecule has 0 rings (SSSR count). The van der Waals surface area contributed by atoms with Crippen LogP contribution in [0.2, 0.25) is 0 Å². The Morgan fingerprint density at radius 2 is 1.71 bits per heavy atom. The van der Waals surface area contributed by atoms with Gasteiger partial charge in [-0.25, -0.2) is 4.79 Å². The Morgan fingerprint density at radius 1 is 1.17 bits per heavy atom. The molecule has 1 N–H and O–H groups in total. The van der Waals surface area contributed by atoms with Gasteiger partial charge in [0.2, 0.25) is 0 Å². The van der Waals surface area contributed by atoms with E-state index in [1.165, 1.54) is 0 Å². The van der Waals surface area contributed by atoms with Gasteiger partial charge >= 0.3 is 11.9 Å². The van der Waals surface area contributed by atoms with Gasteiger partial charge in [-0.15, -0.1) is 6.58 Å². The smallest absolute Gasteiger partial charge is 0.344 e. The summed E-state index contributed by atoms with van der Waals surface area (Å²) in [6.45, 7) is 14.4. The van der Waals surface area contributed by atoms with Crippen molar-refractivity contribution in [1.82, 2.24) is 0 Å². The van der Waals surface area contributed by atoms with Gasteiger partial charge in [0.25, 0.3) is 0 Å². The van der Waals surface area contributed by atoms with Gasteiger partial charge in [0, 0.05) is 6.42 Å². The number of esters is 2. The molecule has 2 unspecified atom stereocenters. The molecular weight excluding hydrogens is 328 g/mol. The highest BCUT2D eigenvalue weighted by Crippen LogP contribution is 2.36. The quantitative estimate of drug-likeness (QED) is 0.375. The lowest BCUT2D eigenvalue weighted by Gasteiger charge is -2.34. The van der Waals surface area contributed by atoms with Gasteiger partial charge in [-0.05, 0) is 32.1 Å². The third kappa shape index (κ3) is 7.26. The second-order valence-corrected chi connectivity index (χ2v) is 8.48. The summed E-state index contributed by atoms with van der Waals surface area (Å²) in [6.07, 6.45) is 1.30. The summed E-state index contributed by atoms with van der Waals surface area (Å²) in [5.41, 5.74) is -0.481. The van der Waals surface area contributed by atoms with Crippen LogP contribution in [-0.4, -0.2) is 40.6 Å². The van der Waals surface area contributed by atoms with Gasteiger partial charge in [-0.3, -0.25) is 4.79 Å². The summed E-state index contributed by atoms with van der Waals surface area (Å²) in [5, 5.41) is 10.4. The van der Waals surface area contributed by atoms with Gasteiger partial charge in [-0.2, -0.15) is 12.6 Å². The Morgan fingerprint density at radius 3 is 2.12 bits per heavy atom. The number of hydrogen-bond acceptors (Lipinski definition) is 6. The predicted molar refractivity (Wildman–Crippen MR) is 98.1 cm³/mol. The minimum atomic E-state index is -1.02. The van der Waals surface area contributed by atoms with Crippen molar-refractivity contribution in [2.75, 3.05) is 13.2 Å². The highest BCUT2D eigenvalue weighted by atomic mass is 32.1. The van der Waals surface area contributed by atoms with Gasteiger partial charge in [-0.1, -0.05) is 33.3 Å². The molecule has 0 saturated carbocycles. The van der Waals surface area contributed by atoms with Crippen LogP contribution in [0.5, 0.6) is 0 Å². The van der Waals surface area contributed by atoms with E-state index in [-0.39, 0.29) is 6.61 Å². The Hall–Kier alpha value is -1.01. The van der Waals surface area contributed by atoms with Crippen molar-refractivity contribution in [3.63, 3.8) is 0 Å². The first-order chi connectivity index (χ1) is 10.7. The van der Waals surface area contributed by atoms with Gasteiger partial charge in [0.05, 0.1) is 12.2 Å². The third-order valence-corrected chi connectivity index (χ3v) is 5.15. The summed E-state index contributed by atoms with van der Waals surface area (Å²) in [5.74, 6) is -1.21. The van der Waals surface area contributed by atoms with E-state index in [4.69, 9.17) is 9.47 Å². The molecule has 0 aliphatic rings. The number of ether oxygens (including phenoxy) is 2. The highest BCUT2D eigenvalue weighted by molar-refractivity contribution is 7.82. The number of hydrogen-bond donors (Lipinski definition) is 2. The molecule has 0 saturated heterocycles. The summed E-state index contributed by atoms with van der Waals surface area (Å²) in [4.78, 5) is 23.8. The fourth-order valence-electron chi connectivity index (χ4n) is 1.92. The van der Waals surface area contributed by atoms with Crippen molar-refractivity contribution < 1.29 is 24.2 Å². The SMILES string of the molecule is C=C(C)CC(O)(CC)CCOC(=O)COC(=O)C(C)(S)C(C)(C)C. The molecule has 0 bridgehead atoms. The molecule has 0 spiro atoms. The van der Waals surface area contributed by atoms with E-state index in [9.17, 15) is 14.7 Å². The number of carbonyl (C=O) groups excluding carboxylic acids is 2. The molecule has 0 heterocycles. The molecule has 0 aromatic carbocycles. The van der Waals surface area contributed by atoms with E-state index in [1.807, 2.05) is 34.6 Å². The molecule has 0 radical (unpaired) electrons. The maximum absolute atomic E-state index is 12.1. The lowest BCUT2D eigenvalue weighted by molar-refractivity contribution is -0.162. The van der Waals surface area contributed by atoms with Crippen LogP contribution in [0.1, 0.15) is 60.8 Å². The van der Waals surface area contributed by atoms with E-state index >= 15 is 0 Å². The largest absolute Gasteiger partial charge is 0.463 e. The number of rotatable bonds is 9. The first-order valence-electron chi connectivity index (χ1n) is 8.17. The van der Waals surface area contributed by atoms with Crippen LogP contribution in [-0.2, 0) is 19.1 Å². The molecule has 0 fully saturated rings. The standard InChI is InChI=1S/C18H32O5S/c1-8-18(21,11-13(2)3)9-10-22-14(19)12-23-15(20)17(7,24)16(4,5)6/h21,24H,2,8-12H2,1,3-7H3. The molecule has 24 heavy (non-hydrogen) atoms.